The number of nitrogens with one attached hydrogen (secondary N) is 4. The summed E-state index contributed by atoms with van der Waals surface area (Å²) in [4.78, 5) is 82.8. The fourth-order valence-electron chi connectivity index (χ4n) is 12.2. The fraction of sp³-hybridized carbons (Fsp3) is 0.600. The standard InChI is InChI=1S/C55H77F2N9O10Si/c1-32(73-5)46(61-53(70)75-7)51(68)64-21-11-12-43(64)49-59-40-19-20-55(3,29-41(40)60-49)45-18-17-42(66(45)37-27-38(56)48(39(57)28-37)63-22-24-77(9,10)25-23-63)35-13-15-36(16-14-35)58-50(67)44-26-34(31-72-4)30-65(44)52(69)47(33(2)74-6)62-54(71)76-8/h13-16,19-20,27-28,32-34,42-47H,11-12,17-18,21-26,29-31H2,1-10H3,(H,58,67)(H,59,60)(H,61,70)(H,62,71)/t32-,33-,34+,42-,43+,44+,45-,46+,47+,55?/m1/s1. The van der Waals surface area contributed by atoms with E-state index in [1.54, 1.807) is 38.0 Å². The Morgan fingerprint density at radius 3 is 2.03 bits per heavy atom. The molecule has 5 aliphatic rings. The van der Waals surface area contributed by atoms with Crippen molar-refractivity contribution < 1.29 is 56.4 Å². The van der Waals surface area contributed by atoms with E-state index in [4.69, 9.17) is 28.7 Å². The number of likely N-dealkylation sites (tertiary alicyclic amines) is 2. The fourth-order valence-corrected chi connectivity index (χ4v) is 14.2. The maximum atomic E-state index is 16.7. The number of H-pyrrole nitrogens is 1. The van der Waals surface area contributed by atoms with Crippen LogP contribution in [0.2, 0.25) is 25.2 Å². The van der Waals surface area contributed by atoms with Crippen LogP contribution < -0.4 is 25.8 Å². The summed E-state index contributed by atoms with van der Waals surface area (Å²) in [5.41, 5.74) is 2.86. The van der Waals surface area contributed by atoms with Crippen LogP contribution in [0.5, 0.6) is 0 Å². The van der Waals surface area contributed by atoms with Gasteiger partial charge in [-0.15, -0.1) is 0 Å². The molecule has 4 fully saturated rings. The van der Waals surface area contributed by atoms with Crippen LogP contribution in [0.1, 0.15) is 87.7 Å². The number of ether oxygens (including phenoxy) is 5. The third-order valence-corrected chi connectivity index (χ3v) is 20.0. The van der Waals surface area contributed by atoms with E-state index in [1.807, 2.05) is 23.1 Å². The van der Waals surface area contributed by atoms with Crippen LogP contribution in [0.3, 0.4) is 0 Å². The number of rotatable bonds is 17. The average Bonchev–Trinajstić information content (AvgIpc) is 4.34. The molecule has 19 nitrogen and oxygen atoms in total. The summed E-state index contributed by atoms with van der Waals surface area (Å²) in [7, 11) is 5.47. The highest BCUT2D eigenvalue weighted by molar-refractivity contribution is 6.77. The van der Waals surface area contributed by atoms with Gasteiger partial charge in [0, 0.05) is 88.4 Å². The van der Waals surface area contributed by atoms with Crippen molar-refractivity contribution in [3.05, 3.63) is 76.9 Å². The molecular weight excluding hydrogens is 1010 g/mol. The zero-order valence-corrected chi connectivity index (χ0v) is 47.1. The Morgan fingerprint density at radius 2 is 1.44 bits per heavy atom. The van der Waals surface area contributed by atoms with Gasteiger partial charge in [0.1, 0.15) is 29.6 Å². The highest BCUT2D eigenvalue weighted by Gasteiger charge is 2.48. The van der Waals surface area contributed by atoms with Crippen molar-refractivity contribution in [3.63, 3.8) is 0 Å². The lowest BCUT2D eigenvalue weighted by molar-refractivity contribution is -0.141. The normalized spacial score (nSPS) is 25.4. The molecular formula is C55H77F2N9O10Si. The van der Waals surface area contributed by atoms with Crippen LogP contribution >= 0.6 is 0 Å². The Hall–Kier alpha value is -6.10. The molecule has 0 saturated carbocycles. The minimum Gasteiger partial charge on any atom is -0.453 e. The molecule has 5 heterocycles. The Bertz CT molecular complexity index is 2640. The van der Waals surface area contributed by atoms with Crippen molar-refractivity contribution in [3.8, 4) is 0 Å². The lowest BCUT2D eigenvalue weighted by Crippen LogP contribution is -2.56. The number of aromatic nitrogens is 2. The second kappa shape index (κ2) is 23.9. The Morgan fingerprint density at radius 1 is 0.831 bits per heavy atom. The number of anilines is 3. The lowest BCUT2D eigenvalue weighted by atomic mass is 9.74. The molecule has 3 aromatic rings. The van der Waals surface area contributed by atoms with Crippen molar-refractivity contribution in [2.45, 2.75) is 133 Å². The van der Waals surface area contributed by atoms with E-state index < -0.39 is 79.5 Å². The van der Waals surface area contributed by atoms with E-state index in [9.17, 15) is 24.0 Å². The highest BCUT2D eigenvalue weighted by Crippen LogP contribution is 2.50. The number of imidazole rings is 1. The maximum Gasteiger partial charge on any atom is 0.407 e. The summed E-state index contributed by atoms with van der Waals surface area (Å²) in [6.07, 6.45) is 4.80. The molecule has 0 radical (unpaired) electrons. The lowest BCUT2D eigenvalue weighted by Gasteiger charge is -2.43. The number of hydrogen-bond donors (Lipinski definition) is 4. The molecule has 4 N–H and O–H groups in total. The number of carbonyl (C=O) groups is 5. The zero-order chi connectivity index (χ0) is 55.5. The summed E-state index contributed by atoms with van der Waals surface area (Å²) in [6.45, 7) is 12.4. The van der Waals surface area contributed by atoms with Gasteiger partial charge in [-0.1, -0.05) is 38.2 Å². The van der Waals surface area contributed by atoms with Gasteiger partial charge in [-0.05, 0) is 93.9 Å². The molecule has 1 aromatic heterocycles. The van der Waals surface area contributed by atoms with Crippen molar-refractivity contribution >= 4 is 61.1 Å². The molecule has 4 saturated heterocycles. The number of nitrogens with zero attached hydrogens (tertiary/aromatic N) is 5. The van der Waals surface area contributed by atoms with Crippen LogP contribution in [-0.2, 0) is 44.5 Å². The van der Waals surface area contributed by atoms with Crippen molar-refractivity contribution in [1.29, 1.82) is 0 Å². The monoisotopic (exact) mass is 1090 g/mol. The van der Waals surface area contributed by atoms with Crippen LogP contribution in [-0.4, -0.2) is 162 Å². The summed E-state index contributed by atoms with van der Waals surface area (Å²) in [6, 6.07) is 8.37. The molecule has 0 bridgehead atoms. The third kappa shape index (κ3) is 12.1. The molecule has 420 valence electrons. The summed E-state index contributed by atoms with van der Waals surface area (Å²) in [5.74, 6) is -1.93. The topological polar surface area (TPSA) is 209 Å². The molecule has 8 rings (SSSR count). The molecule has 1 unspecified atom stereocenters. The number of halogens is 2. The van der Waals surface area contributed by atoms with Crippen LogP contribution in [0.25, 0.3) is 6.08 Å². The third-order valence-electron chi connectivity index (χ3n) is 16.8. The van der Waals surface area contributed by atoms with Crippen molar-refractivity contribution in [2.24, 2.45) is 11.3 Å². The number of carbonyl (C=O) groups excluding carboxylic acids is 5. The van der Waals surface area contributed by atoms with E-state index in [1.165, 1.54) is 45.5 Å². The predicted octanol–water partition coefficient (Wildman–Crippen LogP) is 7.19. The van der Waals surface area contributed by atoms with Crippen LogP contribution in [0, 0.1) is 23.0 Å². The molecule has 5 amide bonds. The van der Waals surface area contributed by atoms with Crippen molar-refractivity contribution in [1.82, 2.24) is 30.4 Å². The van der Waals surface area contributed by atoms with E-state index in [2.05, 4.69) is 51.9 Å². The number of amides is 5. The summed E-state index contributed by atoms with van der Waals surface area (Å²) >= 11 is 0. The SMILES string of the molecule is COC[C@H]1C[C@@H](C(=O)Nc2ccc([C@H]3CC[C@H](C4(C)C=Cc5nc([C@@H]6CCCN6C(=O)[C@@H](NC(=O)OC)[C@@H](C)OC)[nH]c5C4)N3c3cc(F)c(N4CC[Si](C)(C)CC4)c(F)c3)cc2)N(C(=O)[C@@H](NC(=O)OC)[C@@H](C)OC)C1. The maximum absolute atomic E-state index is 16.7. The molecule has 0 spiro atoms. The van der Waals surface area contributed by atoms with Gasteiger partial charge >= 0.3 is 12.2 Å². The molecule has 4 aliphatic heterocycles. The first-order valence-electron chi connectivity index (χ1n) is 26.8. The number of aromatic amines is 1. The van der Waals surface area contributed by atoms with Gasteiger partial charge < -0.3 is 64.2 Å². The number of hydrogen-bond acceptors (Lipinski definition) is 13. The van der Waals surface area contributed by atoms with Crippen molar-refractivity contribution in [2.75, 3.05) is 83.5 Å². The molecule has 2 aromatic carbocycles. The highest BCUT2D eigenvalue weighted by atomic mass is 28.3. The van der Waals surface area contributed by atoms with Gasteiger partial charge in [-0.2, -0.15) is 0 Å². The van der Waals surface area contributed by atoms with Gasteiger partial charge in [-0.3, -0.25) is 14.4 Å². The number of methoxy groups -OCH3 is 5. The number of fused-ring (bicyclic) bond motifs is 1. The first-order chi connectivity index (χ1) is 36.7. The second-order valence-electron chi connectivity index (χ2n) is 22.4. The first kappa shape index (κ1) is 57.1. The minimum atomic E-state index is -1.43. The number of benzene rings is 2. The molecule has 1 aliphatic carbocycles. The first-order valence-corrected chi connectivity index (χ1v) is 30.2. The van der Waals surface area contributed by atoms with E-state index in [0.717, 1.165) is 35.5 Å². The second-order valence-corrected chi connectivity index (χ2v) is 27.7. The van der Waals surface area contributed by atoms with Gasteiger partial charge in [-0.25, -0.2) is 23.4 Å². The van der Waals surface area contributed by atoms with Gasteiger partial charge in [0.25, 0.3) is 0 Å². The quantitative estimate of drug-likeness (QED) is 0.0989. The Labute approximate surface area is 451 Å². The number of alkyl carbamates (subject to hydrolysis) is 2. The Kier molecular flexibility index (Phi) is 17.7. The molecule has 77 heavy (non-hydrogen) atoms. The predicted molar refractivity (Wildman–Crippen MR) is 289 cm³/mol. The van der Waals surface area contributed by atoms with Gasteiger partial charge in [0.15, 0.2) is 11.6 Å². The Balaban J connectivity index is 1.06. The zero-order valence-electron chi connectivity index (χ0n) is 46.1. The largest absolute Gasteiger partial charge is 0.453 e. The van der Waals surface area contributed by atoms with Gasteiger partial charge in [0.05, 0.1) is 58.9 Å². The average molecular weight is 1090 g/mol. The van der Waals surface area contributed by atoms with Crippen LogP contribution in [0.4, 0.5) is 35.4 Å². The van der Waals surface area contributed by atoms with E-state index >= 15 is 8.78 Å². The van der Waals surface area contributed by atoms with Gasteiger partial charge in [0.2, 0.25) is 17.7 Å². The van der Waals surface area contributed by atoms with E-state index in [-0.39, 0.29) is 42.2 Å². The molecule has 10 atom stereocenters. The van der Waals surface area contributed by atoms with Crippen LogP contribution in [0.15, 0.2) is 42.5 Å². The van der Waals surface area contributed by atoms with E-state index in [0.29, 0.717) is 75.5 Å². The summed E-state index contributed by atoms with van der Waals surface area (Å²) < 4.78 is 59.4. The minimum absolute atomic E-state index is 0.00656. The smallest absolute Gasteiger partial charge is 0.407 e. The molecule has 22 heteroatoms. The summed E-state index contributed by atoms with van der Waals surface area (Å²) in [5, 5.41) is 8.22.